The van der Waals surface area contributed by atoms with Crippen LogP contribution in [-0.4, -0.2) is 24.8 Å². The number of hydrogen-bond acceptors (Lipinski definition) is 2. The van der Waals surface area contributed by atoms with Crippen molar-refractivity contribution in [3.05, 3.63) is 0 Å². The second kappa shape index (κ2) is 2.27. The highest BCUT2D eigenvalue weighted by atomic mass is 15.0. The molecule has 0 saturated heterocycles. The summed E-state index contributed by atoms with van der Waals surface area (Å²) in [6.07, 6.45) is 0. The van der Waals surface area contributed by atoms with Crippen LogP contribution in [0.25, 0.3) is 0 Å². The Morgan fingerprint density at radius 2 is 2.50 bits per heavy atom. The van der Waals surface area contributed by atoms with Gasteiger partial charge in [0.1, 0.15) is 0 Å². The van der Waals surface area contributed by atoms with Crippen molar-refractivity contribution in [1.82, 2.24) is 5.32 Å². The maximum atomic E-state index is 4.27. The Balaban J connectivity index is 2.42. The summed E-state index contributed by atoms with van der Waals surface area (Å²) in [4.78, 5) is 4.27. The van der Waals surface area contributed by atoms with Crippen LogP contribution in [-0.2, 0) is 0 Å². The Morgan fingerprint density at radius 1 is 1.75 bits per heavy atom. The second-order valence-corrected chi connectivity index (χ2v) is 2.36. The van der Waals surface area contributed by atoms with Crippen LogP contribution in [0.4, 0.5) is 0 Å². The van der Waals surface area contributed by atoms with Gasteiger partial charge in [-0.2, -0.15) is 0 Å². The summed E-state index contributed by atoms with van der Waals surface area (Å²) in [5, 5.41) is 3.30. The number of nitrogens with zero attached hydrogens (tertiary/aromatic N) is 1. The molecule has 1 aliphatic rings. The largest absolute Gasteiger partial charge is 0.307 e. The minimum absolute atomic E-state index is 0.582. The van der Waals surface area contributed by atoms with Crippen LogP contribution >= 0.6 is 0 Å². The van der Waals surface area contributed by atoms with Gasteiger partial charge in [0.2, 0.25) is 0 Å². The van der Waals surface area contributed by atoms with Gasteiger partial charge < -0.3 is 5.32 Å². The lowest BCUT2D eigenvalue weighted by Crippen LogP contribution is -2.37. The fraction of sp³-hybridized carbons (Fsp3) is 0.833. The number of rotatable bonds is 0. The average molecular weight is 112 g/mol. The van der Waals surface area contributed by atoms with Crippen LogP contribution in [0.15, 0.2) is 4.99 Å². The molecule has 0 aromatic heterocycles. The molecule has 0 aromatic carbocycles. The lowest BCUT2D eigenvalue weighted by atomic mass is 10.2. The summed E-state index contributed by atoms with van der Waals surface area (Å²) in [6.45, 7) is 6.13. The Kier molecular flexibility index (Phi) is 1.63. The van der Waals surface area contributed by atoms with Gasteiger partial charge in [-0.25, -0.2) is 0 Å². The van der Waals surface area contributed by atoms with Gasteiger partial charge in [-0.3, -0.25) is 4.99 Å². The van der Waals surface area contributed by atoms with Crippen LogP contribution in [0.1, 0.15) is 13.8 Å². The molecule has 1 heterocycles. The van der Waals surface area contributed by atoms with E-state index in [1.807, 2.05) is 0 Å². The minimum atomic E-state index is 0.582. The monoisotopic (exact) mass is 112 g/mol. The Morgan fingerprint density at radius 3 is 2.88 bits per heavy atom. The molecule has 2 heteroatoms. The standard InChI is InChI=1S/C6H12N2/c1-5-3-8-6(2)4-7-5/h5,7H,3-4H2,1-2H3/t5-/m0/s1. The molecule has 1 N–H and O–H groups in total. The Hall–Kier alpha value is -0.370. The highest BCUT2D eigenvalue weighted by Gasteiger charge is 2.04. The molecular weight excluding hydrogens is 100 g/mol. The first-order valence-electron chi connectivity index (χ1n) is 3.02. The third-order valence-corrected chi connectivity index (χ3v) is 1.34. The first-order valence-corrected chi connectivity index (χ1v) is 3.02. The summed E-state index contributed by atoms with van der Waals surface area (Å²) < 4.78 is 0. The third kappa shape index (κ3) is 1.30. The van der Waals surface area contributed by atoms with Gasteiger partial charge in [0, 0.05) is 18.3 Å². The van der Waals surface area contributed by atoms with Gasteiger partial charge in [-0.1, -0.05) is 0 Å². The van der Waals surface area contributed by atoms with E-state index < -0.39 is 0 Å². The third-order valence-electron chi connectivity index (χ3n) is 1.34. The molecular formula is C6H12N2. The summed E-state index contributed by atoms with van der Waals surface area (Å²) in [5.41, 5.74) is 1.23. The minimum Gasteiger partial charge on any atom is -0.307 e. The predicted octanol–water partition coefficient (Wildman–Crippen LogP) is 0.439. The Labute approximate surface area is 50.0 Å². The fourth-order valence-electron chi connectivity index (χ4n) is 0.735. The molecule has 0 bridgehead atoms. The zero-order valence-corrected chi connectivity index (χ0v) is 5.44. The summed E-state index contributed by atoms with van der Waals surface area (Å²) in [6, 6.07) is 0.582. The van der Waals surface area contributed by atoms with Crippen molar-refractivity contribution >= 4 is 5.71 Å². The van der Waals surface area contributed by atoms with Gasteiger partial charge in [-0.05, 0) is 13.8 Å². The molecule has 0 aromatic rings. The second-order valence-electron chi connectivity index (χ2n) is 2.36. The summed E-state index contributed by atoms with van der Waals surface area (Å²) in [5.74, 6) is 0. The number of hydrogen-bond donors (Lipinski definition) is 1. The van der Waals surface area contributed by atoms with Crippen LogP contribution in [0, 0.1) is 0 Å². The van der Waals surface area contributed by atoms with Crippen LogP contribution in [0.2, 0.25) is 0 Å². The van der Waals surface area contributed by atoms with E-state index in [1.54, 1.807) is 0 Å². The number of aliphatic imine (C=N–C) groups is 1. The molecule has 0 aliphatic carbocycles. The maximum Gasteiger partial charge on any atom is 0.0540 e. The van der Waals surface area contributed by atoms with Gasteiger partial charge in [-0.15, -0.1) is 0 Å². The normalized spacial score (nSPS) is 29.8. The van der Waals surface area contributed by atoms with Gasteiger partial charge in [0.15, 0.2) is 0 Å². The molecule has 0 saturated carbocycles. The van der Waals surface area contributed by atoms with E-state index in [0.717, 1.165) is 13.1 Å². The van der Waals surface area contributed by atoms with Crippen molar-refractivity contribution < 1.29 is 0 Å². The van der Waals surface area contributed by atoms with Crippen molar-refractivity contribution in [3.8, 4) is 0 Å². The first-order chi connectivity index (χ1) is 3.79. The van der Waals surface area contributed by atoms with Crippen LogP contribution < -0.4 is 5.32 Å². The molecule has 0 spiro atoms. The zero-order chi connectivity index (χ0) is 5.98. The Bertz CT molecular complexity index is 107. The van der Waals surface area contributed by atoms with E-state index in [-0.39, 0.29) is 0 Å². The molecule has 1 rings (SSSR count). The molecule has 1 atom stereocenters. The van der Waals surface area contributed by atoms with E-state index in [2.05, 4.69) is 24.2 Å². The van der Waals surface area contributed by atoms with E-state index in [0.29, 0.717) is 6.04 Å². The first kappa shape index (κ1) is 5.76. The molecule has 8 heavy (non-hydrogen) atoms. The van der Waals surface area contributed by atoms with Crippen LogP contribution in [0.5, 0.6) is 0 Å². The SMILES string of the molecule is CC1=NC[C@H](C)NC1. The summed E-state index contributed by atoms with van der Waals surface area (Å²) in [7, 11) is 0. The highest BCUT2D eigenvalue weighted by molar-refractivity contribution is 5.84. The average Bonchev–Trinajstić information content (AvgIpc) is 1.77. The quantitative estimate of drug-likeness (QED) is 0.483. The highest BCUT2D eigenvalue weighted by Crippen LogP contribution is 1.90. The molecule has 0 radical (unpaired) electrons. The van der Waals surface area contributed by atoms with E-state index in [4.69, 9.17) is 0 Å². The maximum absolute atomic E-state index is 4.27. The molecule has 0 amide bonds. The van der Waals surface area contributed by atoms with Gasteiger partial charge in [0.25, 0.3) is 0 Å². The lowest BCUT2D eigenvalue weighted by Gasteiger charge is -2.16. The van der Waals surface area contributed by atoms with E-state index in [9.17, 15) is 0 Å². The van der Waals surface area contributed by atoms with Gasteiger partial charge >= 0.3 is 0 Å². The smallest absolute Gasteiger partial charge is 0.0540 e. The predicted molar refractivity (Wildman–Crippen MR) is 35.4 cm³/mol. The molecule has 0 unspecified atom stereocenters. The lowest BCUT2D eigenvalue weighted by molar-refractivity contribution is 0.579. The van der Waals surface area contributed by atoms with Crippen molar-refractivity contribution in [2.24, 2.45) is 4.99 Å². The van der Waals surface area contributed by atoms with Crippen molar-refractivity contribution in [2.75, 3.05) is 13.1 Å². The summed E-state index contributed by atoms with van der Waals surface area (Å²) >= 11 is 0. The van der Waals surface area contributed by atoms with Crippen molar-refractivity contribution in [2.45, 2.75) is 19.9 Å². The molecule has 1 aliphatic heterocycles. The van der Waals surface area contributed by atoms with Crippen LogP contribution in [0.3, 0.4) is 0 Å². The molecule has 0 fully saturated rings. The number of nitrogens with one attached hydrogen (secondary N) is 1. The molecule has 2 nitrogen and oxygen atoms in total. The fourth-order valence-corrected chi connectivity index (χ4v) is 0.735. The van der Waals surface area contributed by atoms with Crippen molar-refractivity contribution in [3.63, 3.8) is 0 Å². The van der Waals surface area contributed by atoms with E-state index >= 15 is 0 Å². The zero-order valence-electron chi connectivity index (χ0n) is 5.44. The molecule has 46 valence electrons. The van der Waals surface area contributed by atoms with E-state index in [1.165, 1.54) is 5.71 Å². The van der Waals surface area contributed by atoms with Gasteiger partial charge in [0.05, 0.1) is 6.54 Å². The van der Waals surface area contributed by atoms with Crippen molar-refractivity contribution in [1.29, 1.82) is 0 Å². The topological polar surface area (TPSA) is 24.4 Å².